The maximum Gasteiger partial charge on any atom is 0.335 e. The number of aryl methyl sites for hydroxylation is 1. The van der Waals surface area contributed by atoms with E-state index in [0.29, 0.717) is 26.2 Å². The topological polar surface area (TPSA) is 54.0 Å². The molecule has 4 rings (SSSR count). The van der Waals surface area contributed by atoms with E-state index in [2.05, 4.69) is 61.5 Å². The van der Waals surface area contributed by atoms with Crippen molar-refractivity contribution in [1.29, 1.82) is 0 Å². The number of carbonyl (C=O) groups is 1. The zero-order valence-electron chi connectivity index (χ0n) is 20.5. The first-order chi connectivity index (χ1) is 17.1. The van der Waals surface area contributed by atoms with Crippen molar-refractivity contribution in [2.75, 3.05) is 26.9 Å². The summed E-state index contributed by atoms with van der Waals surface area (Å²) in [5, 5.41) is 0. The van der Waals surface area contributed by atoms with Crippen molar-refractivity contribution < 1.29 is 23.7 Å². The normalized spacial score (nSPS) is 15.0. The van der Waals surface area contributed by atoms with E-state index in [1.165, 1.54) is 29.4 Å². The van der Waals surface area contributed by atoms with Gasteiger partial charge in [-0.15, -0.1) is 0 Å². The Morgan fingerprint density at radius 2 is 1.66 bits per heavy atom. The van der Waals surface area contributed by atoms with Gasteiger partial charge in [0, 0.05) is 13.5 Å². The van der Waals surface area contributed by atoms with Gasteiger partial charge < -0.3 is 18.9 Å². The first kappa shape index (κ1) is 24.7. The Morgan fingerprint density at radius 3 is 2.40 bits per heavy atom. The summed E-state index contributed by atoms with van der Waals surface area (Å²) in [7, 11) is 1.52. The number of hydrogen-bond acceptors (Lipinski definition) is 5. The largest absolute Gasteiger partial charge is 0.491 e. The van der Waals surface area contributed by atoms with Crippen molar-refractivity contribution >= 4 is 18.1 Å². The van der Waals surface area contributed by atoms with E-state index in [4.69, 9.17) is 18.9 Å². The number of rotatable bonds is 10. The minimum atomic E-state index is -0.612. The molecule has 0 heterocycles. The van der Waals surface area contributed by atoms with Crippen LogP contribution in [0, 0.1) is 6.92 Å². The van der Waals surface area contributed by atoms with Crippen LogP contribution in [0.3, 0.4) is 0 Å². The second kappa shape index (κ2) is 11.8. The van der Waals surface area contributed by atoms with Crippen molar-refractivity contribution in [3.05, 3.63) is 100 Å². The van der Waals surface area contributed by atoms with Gasteiger partial charge in [0.25, 0.3) is 0 Å². The molecule has 0 spiro atoms. The Labute approximate surface area is 207 Å². The van der Waals surface area contributed by atoms with Gasteiger partial charge in [0.2, 0.25) is 0 Å². The minimum Gasteiger partial charge on any atom is -0.491 e. The van der Waals surface area contributed by atoms with Gasteiger partial charge in [-0.3, -0.25) is 0 Å². The Bertz CT molecular complexity index is 1170. The molecule has 5 nitrogen and oxygen atoms in total. The third-order valence-corrected chi connectivity index (χ3v) is 6.06. The van der Waals surface area contributed by atoms with Gasteiger partial charge >= 0.3 is 5.97 Å². The van der Waals surface area contributed by atoms with Crippen LogP contribution < -0.4 is 4.74 Å². The van der Waals surface area contributed by atoms with E-state index >= 15 is 0 Å². The van der Waals surface area contributed by atoms with Crippen LogP contribution in [-0.4, -0.2) is 39.0 Å². The van der Waals surface area contributed by atoms with Gasteiger partial charge in [0.1, 0.15) is 18.5 Å². The van der Waals surface area contributed by atoms with Crippen LogP contribution >= 0.6 is 0 Å². The molecule has 182 valence electrons. The quantitative estimate of drug-likeness (QED) is 0.276. The molecule has 0 saturated carbocycles. The smallest absolute Gasteiger partial charge is 0.335 e. The standard InChI is InChI=1S/C30H32O5/c1-4-33-30(31)28(32-3)20-22-10-15-25(16-11-22)34-17-18-35-29-26-8-6-5-7-23(26)13-14-24-12-9-21(2)19-27(24)29/h5-16,19,28-29H,4,17-18,20H2,1-3H3. The second-order valence-electron chi connectivity index (χ2n) is 8.52. The monoisotopic (exact) mass is 472 g/mol. The van der Waals surface area contributed by atoms with Crippen LogP contribution in [0.2, 0.25) is 0 Å². The molecule has 0 saturated heterocycles. The van der Waals surface area contributed by atoms with Crippen molar-refractivity contribution in [3.63, 3.8) is 0 Å². The fourth-order valence-corrected chi connectivity index (χ4v) is 4.26. The molecule has 0 aliphatic heterocycles. The molecule has 0 N–H and O–H groups in total. The first-order valence-electron chi connectivity index (χ1n) is 12.0. The van der Waals surface area contributed by atoms with Crippen LogP contribution in [0.5, 0.6) is 5.75 Å². The van der Waals surface area contributed by atoms with Crippen molar-refractivity contribution in [1.82, 2.24) is 0 Å². The number of methoxy groups -OCH3 is 1. The Balaban J connectivity index is 1.36. The molecule has 0 bridgehead atoms. The lowest BCUT2D eigenvalue weighted by Crippen LogP contribution is -2.27. The van der Waals surface area contributed by atoms with Crippen LogP contribution in [0.4, 0.5) is 0 Å². The predicted molar refractivity (Wildman–Crippen MR) is 137 cm³/mol. The summed E-state index contributed by atoms with van der Waals surface area (Å²) in [4.78, 5) is 12.0. The van der Waals surface area contributed by atoms with Crippen LogP contribution in [0.15, 0.2) is 66.7 Å². The van der Waals surface area contributed by atoms with Gasteiger partial charge in [-0.2, -0.15) is 0 Å². The van der Waals surface area contributed by atoms with Gasteiger partial charge in [0.15, 0.2) is 6.10 Å². The average molecular weight is 473 g/mol. The van der Waals surface area contributed by atoms with E-state index in [0.717, 1.165) is 16.9 Å². The zero-order valence-corrected chi connectivity index (χ0v) is 20.5. The number of carbonyl (C=O) groups excluding carboxylic acids is 1. The highest BCUT2D eigenvalue weighted by molar-refractivity contribution is 5.76. The SMILES string of the molecule is CCOC(=O)C(Cc1ccc(OCCOC2c3ccccc3C=Cc3ccc(C)cc32)cc1)OC. The van der Waals surface area contributed by atoms with E-state index in [1.54, 1.807) is 6.92 Å². The van der Waals surface area contributed by atoms with Crippen molar-refractivity contribution in [2.24, 2.45) is 0 Å². The fraction of sp³-hybridized carbons (Fsp3) is 0.300. The van der Waals surface area contributed by atoms with Gasteiger partial charge in [0.05, 0.1) is 13.2 Å². The number of benzene rings is 3. The van der Waals surface area contributed by atoms with Gasteiger partial charge in [-0.1, -0.05) is 72.3 Å². The molecule has 1 aliphatic carbocycles. The van der Waals surface area contributed by atoms with E-state index in [9.17, 15) is 4.79 Å². The molecule has 2 atom stereocenters. The van der Waals surface area contributed by atoms with Crippen LogP contribution in [0.25, 0.3) is 12.2 Å². The molecule has 0 aromatic heterocycles. The third kappa shape index (κ3) is 6.18. The fourth-order valence-electron chi connectivity index (χ4n) is 4.26. The first-order valence-corrected chi connectivity index (χ1v) is 12.0. The average Bonchev–Trinajstić information content (AvgIpc) is 3.02. The molecule has 3 aromatic carbocycles. The minimum absolute atomic E-state index is 0.157. The summed E-state index contributed by atoms with van der Waals surface area (Å²) in [5.41, 5.74) is 6.85. The molecular formula is C30H32O5. The maximum atomic E-state index is 12.0. The molecule has 0 amide bonds. The Morgan fingerprint density at radius 1 is 0.914 bits per heavy atom. The molecular weight excluding hydrogens is 440 g/mol. The molecule has 35 heavy (non-hydrogen) atoms. The Kier molecular flexibility index (Phi) is 8.35. The molecule has 0 radical (unpaired) electrons. The zero-order chi connectivity index (χ0) is 24.6. The third-order valence-electron chi connectivity index (χ3n) is 6.06. The molecule has 2 unspecified atom stereocenters. The van der Waals surface area contributed by atoms with Crippen molar-refractivity contribution in [3.8, 4) is 5.75 Å². The second-order valence-corrected chi connectivity index (χ2v) is 8.52. The van der Waals surface area contributed by atoms with E-state index in [-0.39, 0.29) is 12.1 Å². The van der Waals surface area contributed by atoms with Crippen molar-refractivity contribution in [2.45, 2.75) is 32.5 Å². The predicted octanol–water partition coefficient (Wildman–Crippen LogP) is 5.78. The summed E-state index contributed by atoms with van der Waals surface area (Å²) in [6.45, 7) is 5.10. The van der Waals surface area contributed by atoms with E-state index in [1.807, 2.05) is 24.3 Å². The van der Waals surface area contributed by atoms with Crippen LogP contribution in [0.1, 0.15) is 46.4 Å². The summed E-state index contributed by atoms with van der Waals surface area (Å²) >= 11 is 0. The lowest BCUT2D eigenvalue weighted by molar-refractivity contribution is -0.154. The lowest BCUT2D eigenvalue weighted by Gasteiger charge is -2.21. The van der Waals surface area contributed by atoms with Gasteiger partial charge in [-0.25, -0.2) is 4.79 Å². The lowest BCUT2D eigenvalue weighted by atomic mass is 9.95. The Hall–Kier alpha value is -3.41. The number of esters is 1. The summed E-state index contributed by atoms with van der Waals surface area (Å²) in [6.07, 6.45) is 3.99. The highest BCUT2D eigenvalue weighted by atomic mass is 16.6. The molecule has 3 aromatic rings. The summed E-state index contributed by atoms with van der Waals surface area (Å²) < 4.78 is 22.7. The highest BCUT2D eigenvalue weighted by Gasteiger charge is 2.22. The van der Waals surface area contributed by atoms with Crippen LogP contribution in [-0.2, 0) is 25.4 Å². The van der Waals surface area contributed by atoms with E-state index < -0.39 is 6.10 Å². The summed E-state index contributed by atoms with van der Waals surface area (Å²) in [6, 6.07) is 22.5. The summed E-state index contributed by atoms with van der Waals surface area (Å²) in [5.74, 6) is 0.404. The molecule has 0 fully saturated rings. The number of hydrogen-bond donors (Lipinski definition) is 0. The number of ether oxygens (including phenoxy) is 4. The highest BCUT2D eigenvalue weighted by Crippen LogP contribution is 2.35. The molecule has 5 heteroatoms. The molecule has 1 aliphatic rings. The van der Waals surface area contributed by atoms with Gasteiger partial charge in [-0.05, 0) is 53.8 Å². The number of fused-ring (bicyclic) bond motifs is 2. The maximum absolute atomic E-state index is 12.0.